The molecule has 1 saturated carbocycles. The van der Waals surface area contributed by atoms with Crippen LogP contribution in [0.25, 0.3) is 0 Å². The summed E-state index contributed by atoms with van der Waals surface area (Å²) in [5, 5.41) is -0.290. The van der Waals surface area contributed by atoms with Gasteiger partial charge in [-0.15, -0.1) is 6.58 Å². The van der Waals surface area contributed by atoms with Crippen LogP contribution in [0.2, 0.25) is 5.02 Å². The fourth-order valence-electron chi connectivity index (χ4n) is 2.98. The van der Waals surface area contributed by atoms with Gasteiger partial charge in [-0.1, -0.05) is 24.6 Å². The Labute approximate surface area is 186 Å². The third kappa shape index (κ3) is 5.81. The lowest BCUT2D eigenvalue weighted by atomic mass is 9.81. The van der Waals surface area contributed by atoms with Gasteiger partial charge in [-0.25, -0.2) is 8.42 Å². The van der Waals surface area contributed by atoms with E-state index in [4.69, 9.17) is 21.2 Å². The third-order valence-electron chi connectivity index (χ3n) is 4.58. The van der Waals surface area contributed by atoms with Crippen molar-refractivity contribution < 1.29 is 32.4 Å². The number of nitrogens with one attached hydrogen (secondary N) is 1. The number of ketones is 3. The highest BCUT2D eigenvalue weighted by molar-refractivity contribution is 7.91. The zero-order valence-corrected chi connectivity index (χ0v) is 18.8. The predicted molar refractivity (Wildman–Crippen MR) is 115 cm³/mol. The fourth-order valence-corrected chi connectivity index (χ4v) is 4.36. The molecule has 2 rings (SSSR count). The van der Waals surface area contributed by atoms with E-state index in [-0.39, 0.29) is 46.4 Å². The molecule has 0 unspecified atom stereocenters. The van der Waals surface area contributed by atoms with Gasteiger partial charge in [0.25, 0.3) is 0 Å². The Balaban J connectivity index is 2.49. The number of hydroxylamine groups is 1. The van der Waals surface area contributed by atoms with Gasteiger partial charge in [0.2, 0.25) is 0 Å². The number of allylic oxidation sites excluding steroid dienone is 1. The van der Waals surface area contributed by atoms with E-state index in [1.54, 1.807) is 6.92 Å². The van der Waals surface area contributed by atoms with Crippen molar-refractivity contribution in [2.45, 2.75) is 38.0 Å². The molecule has 0 saturated heterocycles. The first-order valence-electron chi connectivity index (χ1n) is 9.61. The monoisotopic (exact) mass is 469 g/mol. The zero-order chi connectivity index (χ0) is 23.2. The second kappa shape index (κ2) is 10.7. The Bertz CT molecular complexity index is 1010. The van der Waals surface area contributed by atoms with Crippen molar-refractivity contribution in [2.24, 2.45) is 5.92 Å². The highest BCUT2D eigenvalue weighted by atomic mass is 35.5. The van der Waals surface area contributed by atoms with E-state index in [9.17, 15) is 22.8 Å². The van der Waals surface area contributed by atoms with Crippen LogP contribution < -0.4 is 10.2 Å². The number of sulfone groups is 1. The van der Waals surface area contributed by atoms with E-state index in [1.165, 1.54) is 31.4 Å². The average Bonchev–Trinajstić information content (AvgIpc) is 2.72. The lowest BCUT2D eigenvalue weighted by Gasteiger charge is -2.20. The van der Waals surface area contributed by atoms with Crippen LogP contribution >= 0.6 is 11.6 Å². The number of ether oxygens (including phenoxy) is 1. The van der Waals surface area contributed by atoms with Crippen molar-refractivity contribution >= 4 is 38.8 Å². The molecule has 1 aliphatic rings. The average molecular weight is 470 g/mol. The van der Waals surface area contributed by atoms with Crippen LogP contribution in [-0.4, -0.2) is 38.1 Å². The Morgan fingerprint density at radius 2 is 1.94 bits per heavy atom. The Kier molecular flexibility index (Phi) is 8.55. The molecule has 1 aromatic rings. The molecule has 0 spiro atoms. The first-order chi connectivity index (χ1) is 14.6. The molecule has 0 amide bonds. The van der Waals surface area contributed by atoms with Gasteiger partial charge in [0, 0.05) is 18.4 Å². The fraction of sp³-hybridized carbons (Fsp3) is 0.381. The molecular weight excluding hydrogens is 446 g/mol. The summed E-state index contributed by atoms with van der Waals surface area (Å²) >= 11 is 6.37. The van der Waals surface area contributed by atoms with Gasteiger partial charge in [-0.3, -0.25) is 24.7 Å². The van der Waals surface area contributed by atoms with Gasteiger partial charge < -0.3 is 4.74 Å². The number of carbonyl (C=O) groups is 3. The summed E-state index contributed by atoms with van der Waals surface area (Å²) in [6.45, 7) is 6.78. The predicted octanol–water partition coefficient (Wildman–Crippen LogP) is 3.20. The van der Waals surface area contributed by atoms with Gasteiger partial charge in [0.1, 0.15) is 17.1 Å². The minimum atomic E-state index is -3.76. The number of halogens is 1. The molecule has 10 heteroatoms. The summed E-state index contributed by atoms with van der Waals surface area (Å²) < 4.78 is 30.5. The molecular formula is C21H24ClNO7S. The van der Waals surface area contributed by atoms with E-state index in [1.807, 2.05) is 0 Å². The summed E-state index contributed by atoms with van der Waals surface area (Å²) in [5.74, 6) is -3.63. The van der Waals surface area contributed by atoms with Gasteiger partial charge in [-0.2, -0.15) is 0 Å². The normalized spacial score (nSPS) is 15.6. The summed E-state index contributed by atoms with van der Waals surface area (Å²) in [4.78, 5) is 42.1. The topological polar surface area (TPSA) is 116 Å². The van der Waals surface area contributed by atoms with E-state index in [0.717, 1.165) is 0 Å². The SMILES string of the molecule is C=CCONC(C)=COc1c(S(=O)(=O)CC)ccc(C(=O)C2C(=O)CCCC2=O)c1Cl. The van der Waals surface area contributed by atoms with E-state index < -0.39 is 33.1 Å². The lowest BCUT2D eigenvalue weighted by Crippen LogP contribution is -2.35. The Morgan fingerprint density at radius 1 is 1.29 bits per heavy atom. The number of carbonyl (C=O) groups excluding carboxylic acids is 3. The maximum atomic E-state index is 12.9. The number of hydrogen-bond acceptors (Lipinski definition) is 8. The first kappa shape index (κ1) is 24.8. The first-order valence-corrected chi connectivity index (χ1v) is 11.6. The minimum absolute atomic E-state index is 0.129. The molecule has 168 valence electrons. The largest absolute Gasteiger partial charge is 0.460 e. The molecule has 0 atom stereocenters. The molecule has 0 aliphatic heterocycles. The van der Waals surface area contributed by atoms with E-state index >= 15 is 0 Å². The smallest absolute Gasteiger partial charge is 0.182 e. The van der Waals surface area contributed by atoms with Crippen LogP contribution in [0.3, 0.4) is 0 Å². The highest BCUT2D eigenvalue weighted by Crippen LogP contribution is 2.38. The van der Waals surface area contributed by atoms with Crippen LogP contribution in [0, 0.1) is 5.92 Å². The van der Waals surface area contributed by atoms with Gasteiger partial charge in [0.05, 0.1) is 23.1 Å². The Hall–Kier alpha value is -2.49. The molecule has 1 fully saturated rings. The summed E-state index contributed by atoms with van der Waals surface area (Å²) in [6, 6.07) is 2.40. The van der Waals surface area contributed by atoms with Crippen molar-refractivity contribution in [1.82, 2.24) is 5.48 Å². The molecule has 1 aliphatic carbocycles. The quantitative estimate of drug-likeness (QED) is 0.139. The summed E-state index contributed by atoms with van der Waals surface area (Å²) in [6.07, 6.45) is 3.35. The van der Waals surface area contributed by atoms with Crippen LogP contribution in [0.1, 0.15) is 43.5 Å². The van der Waals surface area contributed by atoms with Crippen molar-refractivity contribution in [3.8, 4) is 5.75 Å². The van der Waals surface area contributed by atoms with Crippen LogP contribution in [0.4, 0.5) is 0 Å². The number of Topliss-reactive ketones (excluding diaryl/α,β-unsaturated/α-hetero) is 3. The molecule has 1 aromatic carbocycles. The van der Waals surface area contributed by atoms with Crippen molar-refractivity contribution in [1.29, 1.82) is 0 Å². The summed E-state index contributed by atoms with van der Waals surface area (Å²) in [7, 11) is -3.76. The molecule has 0 radical (unpaired) electrons. The van der Waals surface area contributed by atoms with Crippen LogP contribution in [-0.2, 0) is 24.3 Å². The number of hydrogen-bond donors (Lipinski definition) is 1. The molecule has 0 bridgehead atoms. The zero-order valence-electron chi connectivity index (χ0n) is 17.3. The highest BCUT2D eigenvalue weighted by Gasteiger charge is 2.38. The maximum Gasteiger partial charge on any atom is 0.182 e. The van der Waals surface area contributed by atoms with Gasteiger partial charge in [0.15, 0.2) is 32.9 Å². The second-order valence-electron chi connectivity index (χ2n) is 6.86. The summed E-state index contributed by atoms with van der Waals surface area (Å²) in [5.41, 5.74) is 2.79. The van der Waals surface area contributed by atoms with Gasteiger partial charge in [-0.05, 0) is 25.5 Å². The van der Waals surface area contributed by atoms with E-state index in [0.29, 0.717) is 12.1 Å². The number of rotatable bonds is 10. The molecule has 0 aromatic heterocycles. The molecule has 8 nitrogen and oxygen atoms in total. The van der Waals surface area contributed by atoms with Crippen LogP contribution in [0.5, 0.6) is 5.75 Å². The van der Waals surface area contributed by atoms with Crippen molar-refractivity contribution in [3.63, 3.8) is 0 Å². The van der Waals surface area contributed by atoms with Crippen molar-refractivity contribution in [2.75, 3.05) is 12.4 Å². The van der Waals surface area contributed by atoms with Crippen LogP contribution in [0.15, 0.2) is 41.6 Å². The standard InChI is InChI=1S/C21H24ClNO7S/c1-4-11-30-23-13(3)12-29-21-17(31(27,28)5-2)10-9-14(19(21)22)20(26)18-15(24)7-6-8-16(18)25/h4,9-10,12,18,23H,1,5-8,11H2,2-3H3. The molecule has 0 heterocycles. The molecule has 31 heavy (non-hydrogen) atoms. The molecule has 1 N–H and O–H groups in total. The Morgan fingerprint density at radius 3 is 2.52 bits per heavy atom. The maximum absolute atomic E-state index is 12.9. The third-order valence-corrected chi connectivity index (χ3v) is 6.71. The second-order valence-corrected chi connectivity index (χ2v) is 9.49. The van der Waals surface area contributed by atoms with E-state index in [2.05, 4.69) is 12.1 Å². The van der Waals surface area contributed by atoms with Crippen molar-refractivity contribution in [3.05, 3.63) is 47.3 Å². The van der Waals surface area contributed by atoms with Gasteiger partial charge >= 0.3 is 0 Å². The minimum Gasteiger partial charge on any atom is -0.460 e. The lowest BCUT2D eigenvalue weighted by molar-refractivity contribution is -0.133. The number of benzene rings is 1.